The van der Waals surface area contributed by atoms with Crippen LogP contribution in [0.15, 0.2) is 127 Å². The highest BCUT2D eigenvalue weighted by atomic mass is 15.0. The smallest absolute Gasteiger partial charge is 0.0998 e. The van der Waals surface area contributed by atoms with Crippen molar-refractivity contribution >= 4 is 44.4 Å². The Bertz CT molecular complexity index is 2780. The van der Waals surface area contributed by atoms with E-state index in [0.29, 0.717) is 23.1 Å². The molecule has 2 aliphatic carbocycles. The molecule has 9 rings (SSSR count). The molecule has 51 heavy (non-hydrogen) atoms. The zero-order valence-electron chi connectivity index (χ0n) is 28.1. The van der Waals surface area contributed by atoms with Crippen molar-refractivity contribution in [2.24, 2.45) is 0 Å². The van der Waals surface area contributed by atoms with Crippen LogP contribution in [0.3, 0.4) is 0 Å². The van der Waals surface area contributed by atoms with Crippen molar-refractivity contribution in [2.45, 2.75) is 31.6 Å². The lowest BCUT2D eigenvalue weighted by Gasteiger charge is -2.32. The van der Waals surface area contributed by atoms with E-state index in [1.165, 1.54) is 16.5 Å². The molecule has 2 heterocycles. The standard InChI is InChI=1S/C46H31N5/c1-46(39-21-20-34(25-33(39)29-49)50-40-15-5-4-14-37(40)38-24-30(27-47)19-22-43(38)50)23-9-11-31(26-46)45-32(28-48)10-8-18-44(45)51-41-16-6-2-12-35(41)36-13-3-7-17-42(36)51/h2-4,6-14,16-25H,5,15,26H2,1H3. The van der Waals surface area contributed by atoms with Gasteiger partial charge in [-0.1, -0.05) is 85.8 Å². The Morgan fingerprint density at radius 1 is 0.686 bits per heavy atom. The lowest BCUT2D eigenvalue weighted by molar-refractivity contribution is 0.607. The number of hydrogen-bond donors (Lipinski definition) is 0. The molecule has 0 bridgehead atoms. The van der Waals surface area contributed by atoms with E-state index >= 15 is 0 Å². The molecule has 7 aromatic rings. The maximum atomic E-state index is 10.6. The molecule has 0 saturated carbocycles. The van der Waals surface area contributed by atoms with Crippen molar-refractivity contribution < 1.29 is 0 Å². The van der Waals surface area contributed by atoms with Gasteiger partial charge in [0.2, 0.25) is 0 Å². The maximum absolute atomic E-state index is 10.6. The zero-order chi connectivity index (χ0) is 34.7. The molecule has 1 unspecified atom stereocenters. The number of hydrogen-bond acceptors (Lipinski definition) is 3. The fraction of sp³-hybridized carbons (Fsp3) is 0.109. The monoisotopic (exact) mass is 653 g/mol. The fourth-order valence-corrected chi connectivity index (χ4v) is 8.43. The zero-order valence-corrected chi connectivity index (χ0v) is 28.1. The first kappa shape index (κ1) is 30.2. The Morgan fingerprint density at radius 3 is 2.18 bits per heavy atom. The molecule has 0 aliphatic heterocycles. The Balaban J connectivity index is 1.16. The first-order valence-corrected chi connectivity index (χ1v) is 17.2. The van der Waals surface area contributed by atoms with Crippen LogP contribution < -0.4 is 0 Å². The molecule has 5 nitrogen and oxygen atoms in total. The normalized spacial score (nSPS) is 16.5. The number of allylic oxidation sites excluding steroid dienone is 5. The Hall–Kier alpha value is -6.87. The number of nitriles is 3. The van der Waals surface area contributed by atoms with Crippen molar-refractivity contribution in [3.05, 3.63) is 167 Å². The minimum atomic E-state index is -0.503. The first-order valence-electron chi connectivity index (χ1n) is 17.2. The van der Waals surface area contributed by atoms with E-state index in [0.717, 1.165) is 68.4 Å². The second-order valence-electron chi connectivity index (χ2n) is 13.6. The molecule has 1 atom stereocenters. The number of para-hydroxylation sites is 2. The maximum Gasteiger partial charge on any atom is 0.0998 e. The molecule has 2 aliphatic rings. The van der Waals surface area contributed by atoms with E-state index in [4.69, 9.17) is 0 Å². The second-order valence-corrected chi connectivity index (χ2v) is 13.6. The lowest BCUT2D eigenvalue weighted by Crippen LogP contribution is -2.23. The van der Waals surface area contributed by atoms with Gasteiger partial charge in [-0.25, -0.2) is 0 Å². The predicted molar refractivity (Wildman–Crippen MR) is 205 cm³/mol. The summed E-state index contributed by atoms with van der Waals surface area (Å²) in [6, 6.07) is 42.2. The molecule has 0 fully saturated rings. The van der Waals surface area contributed by atoms with Crippen LogP contribution in [0.25, 0.3) is 55.7 Å². The van der Waals surface area contributed by atoms with Gasteiger partial charge in [-0.3, -0.25) is 0 Å². The SMILES string of the molecule is CC1(c2ccc(-n3c4c(c5cc(C#N)ccc53)C=CCC4)cc2C#N)C=CC=C(c2c(C#N)cccc2-n2c3ccccc3c3ccccc32)C1. The Labute approximate surface area is 296 Å². The summed E-state index contributed by atoms with van der Waals surface area (Å²) in [7, 11) is 0. The van der Waals surface area contributed by atoms with Gasteiger partial charge in [-0.05, 0) is 85.0 Å². The van der Waals surface area contributed by atoms with Gasteiger partial charge in [0, 0.05) is 44.1 Å². The van der Waals surface area contributed by atoms with Crippen molar-refractivity contribution in [2.75, 3.05) is 0 Å². The van der Waals surface area contributed by atoms with E-state index in [1.54, 1.807) is 0 Å². The van der Waals surface area contributed by atoms with Crippen molar-refractivity contribution in [3.8, 4) is 29.6 Å². The van der Waals surface area contributed by atoms with Gasteiger partial charge in [0.05, 0.1) is 57.1 Å². The number of rotatable bonds is 4. The lowest BCUT2D eigenvalue weighted by atomic mass is 9.71. The van der Waals surface area contributed by atoms with Crippen LogP contribution in [-0.2, 0) is 11.8 Å². The summed E-state index contributed by atoms with van der Waals surface area (Å²) in [5.41, 5.74) is 11.7. The van der Waals surface area contributed by atoms with E-state index in [-0.39, 0.29) is 0 Å². The van der Waals surface area contributed by atoms with Crippen LogP contribution in [-0.4, -0.2) is 9.13 Å². The summed E-state index contributed by atoms with van der Waals surface area (Å²) >= 11 is 0. The van der Waals surface area contributed by atoms with E-state index < -0.39 is 5.41 Å². The fourth-order valence-electron chi connectivity index (χ4n) is 8.43. The summed E-state index contributed by atoms with van der Waals surface area (Å²) in [6.07, 6.45) is 13.2. The molecular formula is C46H31N5. The Kier molecular flexibility index (Phi) is 6.89. The third kappa shape index (κ3) is 4.59. The van der Waals surface area contributed by atoms with Crippen LogP contribution in [0.1, 0.15) is 58.8 Å². The summed E-state index contributed by atoms with van der Waals surface area (Å²) < 4.78 is 4.54. The minimum absolute atomic E-state index is 0.503. The van der Waals surface area contributed by atoms with Crippen LogP contribution in [0, 0.1) is 34.0 Å². The van der Waals surface area contributed by atoms with Gasteiger partial charge in [0.25, 0.3) is 0 Å². The van der Waals surface area contributed by atoms with Gasteiger partial charge in [-0.15, -0.1) is 0 Å². The number of fused-ring (bicyclic) bond motifs is 6. The van der Waals surface area contributed by atoms with Crippen LogP contribution in [0.4, 0.5) is 0 Å². The second kappa shape index (κ2) is 11.6. The minimum Gasteiger partial charge on any atom is -0.313 e. The molecule has 240 valence electrons. The predicted octanol–water partition coefficient (Wildman–Crippen LogP) is 10.6. The van der Waals surface area contributed by atoms with Gasteiger partial charge in [0.15, 0.2) is 0 Å². The van der Waals surface area contributed by atoms with E-state index in [2.05, 4.69) is 131 Å². The molecule has 0 radical (unpaired) electrons. The highest BCUT2D eigenvalue weighted by Crippen LogP contribution is 2.45. The first-order chi connectivity index (χ1) is 25.0. The average Bonchev–Trinajstić information content (AvgIpc) is 3.70. The van der Waals surface area contributed by atoms with Crippen molar-refractivity contribution in [1.82, 2.24) is 9.13 Å². The topological polar surface area (TPSA) is 81.2 Å². The molecular weight excluding hydrogens is 623 g/mol. The summed E-state index contributed by atoms with van der Waals surface area (Å²) in [4.78, 5) is 0. The number of benzene rings is 5. The van der Waals surface area contributed by atoms with E-state index in [9.17, 15) is 15.8 Å². The molecule has 0 N–H and O–H groups in total. The van der Waals surface area contributed by atoms with Crippen LogP contribution in [0.5, 0.6) is 0 Å². The summed E-state index contributed by atoms with van der Waals surface area (Å²) in [5.74, 6) is 0. The van der Waals surface area contributed by atoms with E-state index in [1.807, 2.05) is 36.4 Å². The third-order valence-corrected chi connectivity index (χ3v) is 10.7. The van der Waals surface area contributed by atoms with Gasteiger partial charge in [0.1, 0.15) is 0 Å². The number of nitrogens with zero attached hydrogens (tertiary/aromatic N) is 5. The molecule has 0 amide bonds. The van der Waals surface area contributed by atoms with Crippen molar-refractivity contribution in [1.29, 1.82) is 15.8 Å². The summed E-state index contributed by atoms with van der Waals surface area (Å²) in [6.45, 7) is 2.18. The molecule has 0 spiro atoms. The highest BCUT2D eigenvalue weighted by Gasteiger charge is 2.32. The molecule has 2 aromatic heterocycles. The van der Waals surface area contributed by atoms with Gasteiger partial charge < -0.3 is 9.13 Å². The molecule has 0 saturated heterocycles. The molecule has 5 heteroatoms. The van der Waals surface area contributed by atoms with Crippen molar-refractivity contribution in [3.63, 3.8) is 0 Å². The average molecular weight is 654 g/mol. The van der Waals surface area contributed by atoms with Gasteiger partial charge >= 0.3 is 0 Å². The Morgan fingerprint density at radius 2 is 1.43 bits per heavy atom. The number of aromatic nitrogens is 2. The highest BCUT2D eigenvalue weighted by molar-refractivity contribution is 6.09. The van der Waals surface area contributed by atoms with Crippen LogP contribution >= 0.6 is 0 Å². The summed E-state index contributed by atoms with van der Waals surface area (Å²) in [5, 5.41) is 34.1. The molecule has 5 aromatic carbocycles. The van der Waals surface area contributed by atoms with Gasteiger partial charge in [-0.2, -0.15) is 15.8 Å². The quantitative estimate of drug-likeness (QED) is 0.190. The van der Waals surface area contributed by atoms with Crippen LogP contribution in [0.2, 0.25) is 0 Å². The third-order valence-electron chi connectivity index (χ3n) is 10.7. The largest absolute Gasteiger partial charge is 0.313 e.